The van der Waals surface area contributed by atoms with Gasteiger partial charge >= 0.3 is 6.36 Å². The van der Waals surface area contributed by atoms with Crippen molar-refractivity contribution < 1.29 is 23.0 Å². The highest BCUT2D eigenvalue weighted by atomic mass is 19.4. The lowest BCUT2D eigenvalue weighted by molar-refractivity contribution is -0.276. The van der Waals surface area contributed by atoms with Gasteiger partial charge in [-0.2, -0.15) is 0 Å². The number of pyridine rings is 1. The molecule has 0 saturated carbocycles. The summed E-state index contributed by atoms with van der Waals surface area (Å²) >= 11 is 0. The Morgan fingerprint density at radius 3 is 2.60 bits per heavy atom. The molecule has 0 saturated heterocycles. The molecule has 1 rings (SSSR count). The Morgan fingerprint density at radius 1 is 1.53 bits per heavy atom. The largest absolute Gasteiger partial charge is 0.574 e. The molecule has 1 heterocycles. The molecular weight excluding hydrogens is 213 g/mol. The normalized spacial score (nSPS) is 11.5. The summed E-state index contributed by atoms with van der Waals surface area (Å²) in [6.07, 6.45) is -4.88. The Kier molecular flexibility index (Phi) is 3.04. The zero-order valence-electron chi connectivity index (χ0n) is 7.80. The summed E-state index contributed by atoms with van der Waals surface area (Å²) in [6, 6.07) is 1.39. The number of aromatic nitrogens is 1. The lowest BCUT2D eigenvalue weighted by Gasteiger charge is -2.11. The fourth-order valence-corrected chi connectivity index (χ4v) is 1.04. The Hall–Kier alpha value is -1.50. The summed E-state index contributed by atoms with van der Waals surface area (Å²) in [7, 11) is 0. The highest BCUT2D eigenvalue weighted by Gasteiger charge is 2.33. The zero-order chi connectivity index (χ0) is 11.6. The molecular formula is C8H9F3N2O2. The van der Waals surface area contributed by atoms with E-state index in [-0.39, 0.29) is 17.8 Å². The molecule has 0 amide bonds. The SMILES string of the molecule is Cc1cc(CN)c(O)c(OC(F)(F)F)n1. The van der Waals surface area contributed by atoms with Gasteiger partial charge in [-0.05, 0) is 13.0 Å². The van der Waals surface area contributed by atoms with E-state index in [1.54, 1.807) is 0 Å². The van der Waals surface area contributed by atoms with E-state index in [2.05, 4.69) is 9.72 Å². The molecule has 1 aromatic heterocycles. The summed E-state index contributed by atoms with van der Waals surface area (Å²) in [5, 5.41) is 9.31. The fraction of sp³-hybridized carbons (Fsp3) is 0.375. The average Bonchev–Trinajstić information content (AvgIpc) is 2.08. The van der Waals surface area contributed by atoms with Gasteiger partial charge in [-0.3, -0.25) is 0 Å². The van der Waals surface area contributed by atoms with Gasteiger partial charge in [0.1, 0.15) is 0 Å². The van der Waals surface area contributed by atoms with Crippen molar-refractivity contribution in [2.24, 2.45) is 5.73 Å². The number of aryl methyl sites for hydroxylation is 1. The highest BCUT2D eigenvalue weighted by Crippen LogP contribution is 2.32. The number of alkyl halides is 3. The van der Waals surface area contributed by atoms with Gasteiger partial charge in [-0.1, -0.05) is 0 Å². The first kappa shape index (κ1) is 11.6. The fourth-order valence-electron chi connectivity index (χ4n) is 1.04. The number of halogens is 3. The number of nitrogens with zero attached hydrogens (tertiary/aromatic N) is 1. The summed E-state index contributed by atoms with van der Waals surface area (Å²) < 4.78 is 39.2. The molecule has 0 aliphatic rings. The van der Waals surface area contributed by atoms with Gasteiger partial charge in [-0.15, -0.1) is 13.2 Å². The number of ether oxygens (including phenoxy) is 1. The topological polar surface area (TPSA) is 68.4 Å². The standard InChI is InChI=1S/C8H9F3N2O2/c1-4-2-5(3-12)6(14)7(13-4)15-8(9,10)11/h2,14H,3,12H2,1H3. The van der Waals surface area contributed by atoms with E-state index < -0.39 is 18.0 Å². The van der Waals surface area contributed by atoms with Crippen LogP contribution in [0.2, 0.25) is 0 Å². The lowest BCUT2D eigenvalue weighted by Crippen LogP contribution is -2.18. The average molecular weight is 222 g/mol. The summed E-state index contributed by atoms with van der Waals surface area (Å²) in [5.41, 5.74) is 5.67. The van der Waals surface area contributed by atoms with Gasteiger partial charge < -0.3 is 15.6 Å². The van der Waals surface area contributed by atoms with E-state index in [0.29, 0.717) is 0 Å². The van der Waals surface area contributed by atoms with Crippen LogP contribution in [0.15, 0.2) is 6.07 Å². The third-order valence-electron chi connectivity index (χ3n) is 1.60. The van der Waals surface area contributed by atoms with Crippen molar-refractivity contribution in [1.29, 1.82) is 0 Å². The van der Waals surface area contributed by atoms with Crippen molar-refractivity contribution in [3.63, 3.8) is 0 Å². The summed E-state index contributed by atoms with van der Waals surface area (Å²) in [6.45, 7) is 1.38. The molecule has 0 aromatic carbocycles. The first-order valence-corrected chi connectivity index (χ1v) is 3.99. The van der Waals surface area contributed by atoms with E-state index in [4.69, 9.17) is 5.73 Å². The lowest BCUT2D eigenvalue weighted by atomic mass is 10.2. The number of rotatable bonds is 2. The highest BCUT2D eigenvalue weighted by molar-refractivity contribution is 5.41. The molecule has 0 spiro atoms. The van der Waals surface area contributed by atoms with Crippen LogP contribution in [0.3, 0.4) is 0 Å². The summed E-state index contributed by atoms with van der Waals surface area (Å²) in [5.74, 6) is -1.55. The Morgan fingerprint density at radius 2 is 2.13 bits per heavy atom. The maximum atomic E-state index is 11.9. The maximum Gasteiger partial charge on any atom is 0.574 e. The smallest absolute Gasteiger partial charge is 0.503 e. The predicted molar refractivity (Wildman–Crippen MR) is 45.2 cm³/mol. The second-order valence-electron chi connectivity index (χ2n) is 2.83. The molecule has 3 N–H and O–H groups in total. The molecule has 1 aromatic rings. The molecule has 4 nitrogen and oxygen atoms in total. The number of aromatic hydroxyl groups is 1. The van der Waals surface area contributed by atoms with Crippen LogP contribution >= 0.6 is 0 Å². The minimum absolute atomic E-state index is 0.0938. The molecule has 0 aliphatic carbocycles. The van der Waals surface area contributed by atoms with Crippen LogP contribution in [-0.4, -0.2) is 16.5 Å². The van der Waals surface area contributed by atoms with E-state index in [9.17, 15) is 18.3 Å². The van der Waals surface area contributed by atoms with E-state index in [0.717, 1.165) is 0 Å². The predicted octanol–water partition coefficient (Wildman–Crippen LogP) is 1.45. The van der Waals surface area contributed by atoms with Crippen LogP contribution in [0.5, 0.6) is 11.6 Å². The van der Waals surface area contributed by atoms with Crippen molar-refractivity contribution in [3.05, 3.63) is 17.3 Å². The van der Waals surface area contributed by atoms with Crippen molar-refractivity contribution in [3.8, 4) is 11.6 Å². The van der Waals surface area contributed by atoms with Crippen LogP contribution in [-0.2, 0) is 6.54 Å². The second-order valence-corrected chi connectivity index (χ2v) is 2.83. The third kappa shape index (κ3) is 2.98. The summed E-state index contributed by atoms with van der Waals surface area (Å²) in [4.78, 5) is 3.42. The number of nitrogens with two attached hydrogens (primary N) is 1. The molecule has 7 heteroatoms. The van der Waals surface area contributed by atoms with Gasteiger partial charge in [0.15, 0.2) is 5.75 Å². The molecule has 0 bridgehead atoms. The minimum Gasteiger partial charge on any atom is -0.503 e. The minimum atomic E-state index is -4.88. The monoisotopic (exact) mass is 222 g/mol. The third-order valence-corrected chi connectivity index (χ3v) is 1.60. The van der Waals surface area contributed by atoms with E-state index in [1.165, 1.54) is 13.0 Å². The molecule has 0 radical (unpaired) electrons. The van der Waals surface area contributed by atoms with E-state index in [1.807, 2.05) is 0 Å². The van der Waals surface area contributed by atoms with Gasteiger partial charge in [-0.25, -0.2) is 4.98 Å². The van der Waals surface area contributed by atoms with Gasteiger partial charge in [0, 0.05) is 17.8 Å². The quantitative estimate of drug-likeness (QED) is 0.794. The molecule has 84 valence electrons. The molecule has 0 atom stereocenters. The van der Waals surface area contributed by atoms with Crippen molar-refractivity contribution in [1.82, 2.24) is 4.98 Å². The molecule has 15 heavy (non-hydrogen) atoms. The maximum absolute atomic E-state index is 11.9. The molecule has 0 unspecified atom stereocenters. The molecule has 0 aliphatic heterocycles. The van der Waals surface area contributed by atoms with Gasteiger partial charge in [0.25, 0.3) is 5.88 Å². The Balaban J connectivity index is 3.12. The van der Waals surface area contributed by atoms with Crippen molar-refractivity contribution >= 4 is 0 Å². The van der Waals surface area contributed by atoms with E-state index >= 15 is 0 Å². The van der Waals surface area contributed by atoms with Gasteiger partial charge in [0.2, 0.25) is 0 Å². The van der Waals surface area contributed by atoms with Crippen LogP contribution in [0, 0.1) is 6.92 Å². The number of hydrogen-bond donors (Lipinski definition) is 2. The molecule has 0 fully saturated rings. The van der Waals surface area contributed by atoms with Crippen LogP contribution in [0.1, 0.15) is 11.3 Å². The van der Waals surface area contributed by atoms with Crippen molar-refractivity contribution in [2.75, 3.05) is 0 Å². The Labute approximate surface area is 83.5 Å². The van der Waals surface area contributed by atoms with Crippen LogP contribution in [0.4, 0.5) is 13.2 Å². The Bertz CT molecular complexity index is 366. The first-order valence-electron chi connectivity index (χ1n) is 3.99. The van der Waals surface area contributed by atoms with Gasteiger partial charge in [0.05, 0.1) is 0 Å². The van der Waals surface area contributed by atoms with Crippen LogP contribution < -0.4 is 10.5 Å². The second kappa shape index (κ2) is 3.93. The van der Waals surface area contributed by atoms with Crippen molar-refractivity contribution in [2.45, 2.75) is 19.8 Å². The zero-order valence-corrected chi connectivity index (χ0v) is 7.80. The first-order chi connectivity index (χ1) is 6.83. The number of hydrogen-bond acceptors (Lipinski definition) is 4. The van der Waals surface area contributed by atoms with Crippen LogP contribution in [0.25, 0.3) is 0 Å².